The summed E-state index contributed by atoms with van der Waals surface area (Å²) in [5.41, 5.74) is -0.0835. The first-order valence-corrected chi connectivity index (χ1v) is 7.06. The van der Waals surface area contributed by atoms with Crippen molar-refractivity contribution in [2.75, 3.05) is 0 Å². The lowest BCUT2D eigenvalue weighted by atomic mass is 10.2. The molecule has 2 aromatic rings. The van der Waals surface area contributed by atoms with Gasteiger partial charge in [0, 0.05) is 12.5 Å². The first-order chi connectivity index (χ1) is 11.2. The van der Waals surface area contributed by atoms with Gasteiger partial charge >= 0.3 is 5.97 Å². The van der Waals surface area contributed by atoms with E-state index in [0.29, 0.717) is 0 Å². The molecule has 0 heterocycles. The highest BCUT2D eigenvalue weighted by Crippen LogP contribution is 2.33. The predicted octanol–water partition coefficient (Wildman–Crippen LogP) is 4.24. The second kappa shape index (κ2) is 7.00. The van der Waals surface area contributed by atoms with E-state index < -0.39 is 45.1 Å². The normalized spacial score (nSPS) is 10.6. The van der Waals surface area contributed by atoms with Crippen molar-refractivity contribution in [3.8, 4) is 5.75 Å². The maximum absolute atomic E-state index is 13.5. The van der Waals surface area contributed by atoms with Crippen LogP contribution >= 0.6 is 11.8 Å². The van der Waals surface area contributed by atoms with Crippen LogP contribution in [-0.2, 0) is 4.79 Å². The molecule has 24 heavy (non-hydrogen) atoms. The third-order valence-electron chi connectivity index (χ3n) is 2.72. The molecule has 2 aromatic carbocycles. The van der Waals surface area contributed by atoms with Gasteiger partial charge in [0.15, 0.2) is 23.3 Å². The Bertz CT molecular complexity index is 792. The molecular weight excluding hydrogens is 355 g/mol. The van der Waals surface area contributed by atoms with Crippen molar-refractivity contribution in [1.82, 2.24) is 0 Å². The standard InChI is InChI=1S/C15H7F5O3S/c1-6(21)23-8-4-2-7(3-5-8)15(22)24-14-12(19)10(17)9(16)11(18)13(14)20/h2-5H,1H3. The van der Waals surface area contributed by atoms with Crippen LogP contribution in [0.25, 0.3) is 0 Å². The molecule has 2 rings (SSSR count). The van der Waals surface area contributed by atoms with Crippen LogP contribution in [0.4, 0.5) is 22.0 Å². The van der Waals surface area contributed by atoms with E-state index in [2.05, 4.69) is 0 Å². The Morgan fingerprint density at radius 1 is 0.833 bits per heavy atom. The third kappa shape index (κ3) is 3.56. The summed E-state index contributed by atoms with van der Waals surface area (Å²) in [6.07, 6.45) is 0. The van der Waals surface area contributed by atoms with E-state index in [9.17, 15) is 31.5 Å². The Kier molecular flexibility index (Phi) is 5.23. The molecule has 0 atom stereocenters. The van der Waals surface area contributed by atoms with Gasteiger partial charge in [-0.15, -0.1) is 0 Å². The highest BCUT2D eigenvalue weighted by atomic mass is 32.2. The zero-order chi connectivity index (χ0) is 18.0. The van der Waals surface area contributed by atoms with Gasteiger partial charge in [-0.2, -0.15) is 0 Å². The van der Waals surface area contributed by atoms with Gasteiger partial charge in [-0.1, -0.05) is 0 Å². The fourth-order valence-corrected chi connectivity index (χ4v) is 2.45. The Morgan fingerprint density at radius 3 is 1.75 bits per heavy atom. The Morgan fingerprint density at radius 2 is 1.29 bits per heavy atom. The second-order valence-electron chi connectivity index (χ2n) is 4.41. The van der Waals surface area contributed by atoms with Crippen LogP contribution in [-0.4, -0.2) is 11.1 Å². The van der Waals surface area contributed by atoms with Crippen LogP contribution in [0, 0.1) is 29.1 Å². The van der Waals surface area contributed by atoms with Crippen LogP contribution in [0.3, 0.4) is 0 Å². The van der Waals surface area contributed by atoms with Gasteiger partial charge in [-0.05, 0) is 36.0 Å². The molecule has 0 bridgehead atoms. The maximum Gasteiger partial charge on any atom is 0.308 e. The first-order valence-electron chi connectivity index (χ1n) is 6.24. The van der Waals surface area contributed by atoms with Crippen molar-refractivity contribution >= 4 is 22.8 Å². The van der Waals surface area contributed by atoms with Crippen molar-refractivity contribution < 1.29 is 36.3 Å². The average molecular weight is 362 g/mol. The SMILES string of the molecule is CC(=O)Oc1ccc(C(=O)Sc2c(F)c(F)c(F)c(F)c2F)cc1. The van der Waals surface area contributed by atoms with Gasteiger partial charge < -0.3 is 4.74 Å². The molecule has 0 spiro atoms. The molecule has 0 aliphatic rings. The quantitative estimate of drug-likeness (QED) is 0.205. The smallest absolute Gasteiger partial charge is 0.308 e. The van der Waals surface area contributed by atoms with Gasteiger partial charge in [0.25, 0.3) is 0 Å². The van der Waals surface area contributed by atoms with E-state index in [1.807, 2.05) is 0 Å². The zero-order valence-corrected chi connectivity index (χ0v) is 12.6. The van der Waals surface area contributed by atoms with E-state index in [1.165, 1.54) is 24.3 Å². The minimum absolute atomic E-state index is 0.0835. The molecule has 0 amide bonds. The third-order valence-corrected chi connectivity index (χ3v) is 3.70. The number of hydrogen-bond donors (Lipinski definition) is 0. The molecule has 0 aromatic heterocycles. The molecule has 0 unspecified atom stereocenters. The van der Waals surface area contributed by atoms with E-state index in [-0.39, 0.29) is 23.1 Å². The van der Waals surface area contributed by atoms with Crippen LogP contribution < -0.4 is 4.74 Å². The van der Waals surface area contributed by atoms with Crippen LogP contribution in [0.1, 0.15) is 17.3 Å². The molecule has 0 saturated carbocycles. The molecular formula is C15H7F5O3S. The summed E-state index contributed by atoms with van der Waals surface area (Å²) in [5, 5.41) is -0.951. The highest BCUT2D eigenvalue weighted by Gasteiger charge is 2.27. The van der Waals surface area contributed by atoms with Crippen LogP contribution in [0.2, 0.25) is 0 Å². The van der Waals surface area contributed by atoms with Crippen molar-refractivity contribution in [1.29, 1.82) is 0 Å². The van der Waals surface area contributed by atoms with Gasteiger partial charge in [-0.3, -0.25) is 9.59 Å². The molecule has 126 valence electrons. The summed E-state index contributed by atoms with van der Waals surface area (Å²) in [6, 6.07) is 4.85. The molecule has 9 heteroatoms. The number of esters is 1. The molecule has 0 fully saturated rings. The topological polar surface area (TPSA) is 43.4 Å². The fourth-order valence-electron chi connectivity index (χ4n) is 1.65. The summed E-state index contributed by atoms with van der Waals surface area (Å²) in [4.78, 5) is 21.4. The summed E-state index contributed by atoms with van der Waals surface area (Å²) in [6.45, 7) is 1.16. The van der Waals surface area contributed by atoms with Crippen molar-refractivity contribution in [2.24, 2.45) is 0 Å². The Hall–Kier alpha value is -2.42. The zero-order valence-electron chi connectivity index (χ0n) is 11.8. The second-order valence-corrected chi connectivity index (χ2v) is 5.39. The van der Waals surface area contributed by atoms with Gasteiger partial charge in [0.2, 0.25) is 10.9 Å². The van der Waals surface area contributed by atoms with Gasteiger partial charge in [0.1, 0.15) is 5.75 Å². The molecule has 0 aliphatic carbocycles. The summed E-state index contributed by atoms with van der Waals surface area (Å²) >= 11 is -0.137. The maximum atomic E-state index is 13.5. The number of benzene rings is 2. The van der Waals surface area contributed by atoms with Crippen LogP contribution in [0.15, 0.2) is 29.2 Å². The number of rotatable bonds is 3. The molecule has 0 aliphatic heterocycles. The van der Waals surface area contributed by atoms with E-state index in [1.54, 1.807) is 0 Å². The number of hydrogen-bond acceptors (Lipinski definition) is 4. The van der Waals surface area contributed by atoms with Crippen LogP contribution in [0.5, 0.6) is 5.75 Å². The molecule has 0 N–H and O–H groups in total. The monoisotopic (exact) mass is 362 g/mol. The van der Waals surface area contributed by atoms with Crippen molar-refractivity contribution in [3.63, 3.8) is 0 Å². The van der Waals surface area contributed by atoms with E-state index in [4.69, 9.17) is 4.74 Å². The lowest BCUT2D eigenvalue weighted by molar-refractivity contribution is -0.131. The number of carbonyl (C=O) groups excluding carboxylic acids is 2. The Labute approximate surface area is 136 Å². The van der Waals surface area contributed by atoms with Gasteiger partial charge in [0.05, 0.1) is 4.90 Å². The summed E-state index contributed by atoms with van der Waals surface area (Å²) in [5.74, 6) is -11.2. The number of carbonyl (C=O) groups is 2. The van der Waals surface area contributed by atoms with E-state index >= 15 is 0 Å². The number of halogens is 5. The van der Waals surface area contributed by atoms with Gasteiger partial charge in [-0.25, -0.2) is 22.0 Å². The Balaban J connectivity index is 2.29. The van der Waals surface area contributed by atoms with Crippen molar-refractivity contribution in [3.05, 3.63) is 58.9 Å². The summed E-state index contributed by atoms with van der Waals surface area (Å²) < 4.78 is 70.9. The highest BCUT2D eigenvalue weighted by molar-refractivity contribution is 8.14. The van der Waals surface area contributed by atoms with Crippen molar-refractivity contribution in [2.45, 2.75) is 11.8 Å². The summed E-state index contributed by atoms with van der Waals surface area (Å²) in [7, 11) is 0. The molecule has 3 nitrogen and oxygen atoms in total. The lowest BCUT2D eigenvalue weighted by Gasteiger charge is -2.07. The fraction of sp³-hybridized carbons (Fsp3) is 0.0667. The van der Waals surface area contributed by atoms with E-state index in [0.717, 1.165) is 6.92 Å². The lowest BCUT2D eigenvalue weighted by Crippen LogP contribution is -2.05. The minimum atomic E-state index is -2.30. The number of thioether (sulfide) groups is 1. The predicted molar refractivity (Wildman–Crippen MR) is 74.2 cm³/mol. The first kappa shape index (κ1) is 17.9. The minimum Gasteiger partial charge on any atom is -0.427 e. The molecule has 0 saturated heterocycles. The average Bonchev–Trinajstić information content (AvgIpc) is 2.55. The molecule has 0 radical (unpaired) electrons. The largest absolute Gasteiger partial charge is 0.427 e. The number of ether oxygens (including phenoxy) is 1.